The first-order chi connectivity index (χ1) is 14.7. The third-order valence-electron chi connectivity index (χ3n) is 5.30. The minimum absolute atomic E-state index is 0.0328. The van der Waals surface area contributed by atoms with Gasteiger partial charge >= 0.3 is 0 Å². The maximum atomic E-state index is 12.9. The van der Waals surface area contributed by atoms with Crippen LogP contribution >= 0.6 is 11.8 Å². The number of fused-ring (bicyclic) bond motifs is 4. The van der Waals surface area contributed by atoms with Crippen LogP contribution in [0.4, 0.5) is 5.69 Å². The second kappa shape index (κ2) is 7.46. The average molecular weight is 417 g/mol. The molecule has 0 radical (unpaired) electrons. The molecule has 4 aromatic rings. The van der Waals surface area contributed by atoms with Gasteiger partial charge in [0.2, 0.25) is 11.7 Å². The molecule has 0 spiro atoms. The van der Waals surface area contributed by atoms with E-state index in [0.29, 0.717) is 29.4 Å². The Balaban J connectivity index is 1.51. The van der Waals surface area contributed by atoms with Crippen molar-refractivity contribution in [1.29, 1.82) is 0 Å². The molecule has 2 aromatic heterocycles. The molecule has 30 heavy (non-hydrogen) atoms. The summed E-state index contributed by atoms with van der Waals surface area (Å²) in [6, 6.07) is 15.4. The highest BCUT2D eigenvalue weighted by Gasteiger charge is 2.25. The fourth-order valence-electron chi connectivity index (χ4n) is 3.92. The molecule has 1 aliphatic heterocycles. The lowest BCUT2D eigenvalue weighted by molar-refractivity contribution is -0.116. The van der Waals surface area contributed by atoms with Gasteiger partial charge in [0, 0.05) is 18.8 Å². The summed E-state index contributed by atoms with van der Waals surface area (Å²) in [5.41, 5.74) is 2.78. The van der Waals surface area contributed by atoms with E-state index in [2.05, 4.69) is 22.8 Å². The fraction of sp³-hybridized carbons (Fsp3) is 0.182. The Morgan fingerprint density at radius 3 is 2.80 bits per heavy atom. The minimum Gasteiger partial charge on any atom is -0.311 e. The van der Waals surface area contributed by atoms with E-state index < -0.39 is 0 Å². The van der Waals surface area contributed by atoms with E-state index in [9.17, 15) is 9.59 Å². The Morgan fingerprint density at radius 1 is 1.13 bits per heavy atom. The number of carbonyl (C=O) groups is 1. The van der Waals surface area contributed by atoms with Gasteiger partial charge < -0.3 is 4.90 Å². The van der Waals surface area contributed by atoms with Crippen LogP contribution in [0, 0.1) is 0 Å². The van der Waals surface area contributed by atoms with E-state index in [1.807, 2.05) is 45.7 Å². The van der Waals surface area contributed by atoms with Gasteiger partial charge in [-0.15, -0.1) is 16.8 Å². The van der Waals surface area contributed by atoms with Gasteiger partial charge in [-0.3, -0.25) is 18.6 Å². The molecular weight excluding hydrogens is 398 g/mol. The van der Waals surface area contributed by atoms with Gasteiger partial charge in [-0.2, -0.15) is 0 Å². The smallest absolute Gasteiger partial charge is 0.263 e. The number of amides is 1. The second-order valence-corrected chi connectivity index (χ2v) is 7.99. The number of hydrogen-bond acceptors (Lipinski definition) is 5. The molecule has 0 N–H and O–H groups in total. The van der Waals surface area contributed by atoms with Crippen molar-refractivity contribution in [2.24, 2.45) is 0 Å². The Labute approximate surface area is 176 Å². The number of benzene rings is 2. The molecule has 150 valence electrons. The van der Waals surface area contributed by atoms with Gasteiger partial charge in [0.25, 0.3) is 5.56 Å². The first-order valence-corrected chi connectivity index (χ1v) is 10.7. The average Bonchev–Trinajstić information content (AvgIpc) is 3.39. The van der Waals surface area contributed by atoms with Crippen LogP contribution in [-0.4, -0.2) is 37.4 Å². The summed E-state index contributed by atoms with van der Waals surface area (Å²) in [4.78, 5) is 27.6. The number of allylic oxidation sites excluding steroid dienone is 1. The Hall–Kier alpha value is -3.39. The second-order valence-electron chi connectivity index (χ2n) is 7.05. The van der Waals surface area contributed by atoms with Gasteiger partial charge in [0.05, 0.1) is 16.7 Å². The summed E-state index contributed by atoms with van der Waals surface area (Å²) >= 11 is 1.33. The molecule has 0 unspecified atom stereocenters. The van der Waals surface area contributed by atoms with Crippen molar-refractivity contribution in [2.45, 2.75) is 18.1 Å². The lowest BCUT2D eigenvalue weighted by Crippen LogP contribution is -2.30. The van der Waals surface area contributed by atoms with E-state index in [0.717, 1.165) is 17.6 Å². The number of anilines is 1. The standard InChI is InChI=1S/C22H19N5O2S/c1-2-12-26-20(29)16-8-4-6-10-18(16)27-21(26)23-24-22(27)30-14-19(28)25-13-11-15-7-3-5-9-17(15)25/h2-10H,1,11-14H2. The number of aromatic nitrogens is 4. The van der Waals surface area contributed by atoms with Crippen LogP contribution in [0.25, 0.3) is 16.7 Å². The molecule has 0 atom stereocenters. The number of nitrogens with zero attached hydrogens (tertiary/aromatic N) is 5. The zero-order chi connectivity index (χ0) is 20.7. The summed E-state index contributed by atoms with van der Waals surface area (Å²) < 4.78 is 3.39. The fourth-order valence-corrected chi connectivity index (χ4v) is 4.74. The van der Waals surface area contributed by atoms with Crippen LogP contribution in [0.1, 0.15) is 5.56 Å². The third kappa shape index (κ3) is 2.91. The number of carbonyl (C=O) groups excluding carboxylic acids is 1. The number of hydrogen-bond donors (Lipinski definition) is 0. The van der Waals surface area contributed by atoms with E-state index in [4.69, 9.17) is 0 Å². The molecule has 5 rings (SSSR count). The lowest BCUT2D eigenvalue weighted by atomic mass is 10.2. The summed E-state index contributed by atoms with van der Waals surface area (Å²) in [5.74, 6) is 0.717. The topological polar surface area (TPSA) is 72.5 Å². The van der Waals surface area contributed by atoms with Crippen molar-refractivity contribution in [2.75, 3.05) is 17.2 Å². The quantitative estimate of drug-likeness (QED) is 0.369. The Bertz CT molecular complexity index is 1360. The van der Waals surface area contributed by atoms with Crippen molar-refractivity contribution in [1.82, 2.24) is 19.2 Å². The molecule has 0 saturated carbocycles. The highest BCUT2D eigenvalue weighted by Crippen LogP contribution is 2.29. The molecule has 0 bridgehead atoms. The van der Waals surface area contributed by atoms with Gasteiger partial charge in [-0.05, 0) is 30.2 Å². The van der Waals surface area contributed by atoms with Gasteiger partial charge in [0.1, 0.15) is 0 Å². The number of para-hydroxylation sites is 2. The SMILES string of the molecule is C=CCn1c(=O)c2ccccc2n2c(SCC(=O)N3CCc4ccccc43)nnc12. The van der Waals surface area contributed by atoms with Crippen LogP contribution in [0.5, 0.6) is 0 Å². The van der Waals surface area contributed by atoms with Crippen LogP contribution in [0.2, 0.25) is 0 Å². The van der Waals surface area contributed by atoms with Crippen molar-refractivity contribution < 1.29 is 4.79 Å². The molecule has 0 saturated heterocycles. The maximum Gasteiger partial charge on any atom is 0.263 e. The van der Waals surface area contributed by atoms with Crippen molar-refractivity contribution in [3.63, 3.8) is 0 Å². The van der Waals surface area contributed by atoms with E-state index in [1.165, 1.54) is 17.3 Å². The molecule has 3 heterocycles. The molecule has 1 amide bonds. The zero-order valence-corrected chi connectivity index (χ0v) is 17.0. The molecule has 8 heteroatoms. The largest absolute Gasteiger partial charge is 0.311 e. The predicted octanol–water partition coefficient (Wildman–Crippen LogP) is 2.91. The van der Waals surface area contributed by atoms with Gasteiger partial charge in [-0.25, -0.2) is 0 Å². The molecule has 2 aromatic carbocycles. The molecule has 1 aliphatic rings. The van der Waals surface area contributed by atoms with Crippen LogP contribution in [0.3, 0.4) is 0 Å². The lowest BCUT2D eigenvalue weighted by Gasteiger charge is -2.16. The minimum atomic E-state index is -0.133. The number of thioether (sulfide) groups is 1. The maximum absolute atomic E-state index is 12.9. The molecule has 0 fully saturated rings. The monoisotopic (exact) mass is 417 g/mol. The first kappa shape index (κ1) is 18.6. The summed E-state index contributed by atoms with van der Waals surface area (Å²) in [6.07, 6.45) is 2.53. The predicted molar refractivity (Wildman–Crippen MR) is 118 cm³/mol. The highest BCUT2D eigenvalue weighted by molar-refractivity contribution is 7.99. The van der Waals surface area contributed by atoms with Crippen LogP contribution in [0.15, 0.2) is 71.1 Å². The van der Waals surface area contributed by atoms with Crippen molar-refractivity contribution in [3.8, 4) is 0 Å². The van der Waals surface area contributed by atoms with Crippen LogP contribution < -0.4 is 10.5 Å². The molecule has 0 aliphatic carbocycles. The summed E-state index contributed by atoms with van der Waals surface area (Å²) in [7, 11) is 0. The van der Waals surface area contributed by atoms with Gasteiger partial charge in [0.15, 0.2) is 5.16 Å². The van der Waals surface area contributed by atoms with Crippen LogP contribution in [-0.2, 0) is 17.8 Å². The summed E-state index contributed by atoms with van der Waals surface area (Å²) in [6.45, 7) is 4.77. The zero-order valence-electron chi connectivity index (χ0n) is 16.2. The normalized spacial score (nSPS) is 13.1. The third-order valence-corrected chi connectivity index (χ3v) is 6.22. The highest BCUT2D eigenvalue weighted by atomic mass is 32.2. The van der Waals surface area contributed by atoms with Gasteiger partial charge in [-0.1, -0.05) is 48.2 Å². The molecular formula is C22H19N5O2S. The summed E-state index contributed by atoms with van der Waals surface area (Å²) in [5, 5.41) is 9.69. The van der Waals surface area contributed by atoms with Crippen molar-refractivity contribution in [3.05, 3.63) is 77.1 Å². The van der Waals surface area contributed by atoms with E-state index in [-0.39, 0.29) is 17.2 Å². The Morgan fingerprint density at radius 2 is 1.93 bits per heavy atom. The number of rotatable bonds is 5. The van der Waals surface area contributed by atoms with E-state index >= 15 is 0 Å². The first-order valence-electron chi connectivity index (χ1n) is 9.67. The Kier molecular flexibility index (Phi) is 4.63. The molecule has 7 nitrogen and oxygen atoms in total. The van der Waals surface area contributed by atoms with Crippen molar-refractivity contribution >= 4 is 40.0 Å². The van der Waals surface area contributed by atoms with E-state index in [1.54, 1.807) is 16.7 Å².